The molecular weight excluding hydrogens is 183 g/mol. The number of aliphatic carboxylic acids is 1. The highest BCUT2D eigenvalue weighted by atomic mass is 19.1. The van der Waals surface area contributed by atoms with Gasteiger partial charge in [-0.25, -0.2) is 4.39 Å². The SMILES string of the molecule is O=C(O)CC1CCc2ccc(F)cc21. The molecule has 1 aromatic rings. The monoisotopic (exact) mass is 194 g/mol. The van der Waals surface area contributed by atoms with Crippen molar-refractivity contribution in [2.45, 2.75) is 25.2 Å². The summed E-state index contributed by atoms with van der Waals surface area (Å²) in [5.41, 5.74) is 1.98. The lowest BCUT2D eigenvalue weighted by molar-refractivity contribution is -0.137. The Morgan fingerprint density at radius 3 is 3.07 bits per heavy atom. The van der Waals surface area contributed by atoms with Crippen LogP contribution in [0.2, 0.25) is 0 Å². The molecule has 1 atom stereocenters. The molecule has 2 rings (SSSR count). The van der Waals surface area contributed by atoms with Crippen LogP contribution in [-0.2, 0) is 11.2 Å². The first-order chi connectivity index (χ1) is 6.66. The van der Waals surface area contributed by atoms with Gasteiger partial charge in [0, 0.05) is 0 Å². The van der Waals surface area contributed by atoms with Gasteiger partial charge in [0.05, 0.1) is 6.42 Å². The summed E-state index contributed by atoms with van der Waals surface area (Å²) in [7, 11) is 0. The standard InChI is InChI=1S/C11H11FO2/c12-9-4-3-7-1-2-8(5-11(13)14)10(7)6-9/h3-4,6,8H,1-2,5H2,(H,13,14). The summed E-state index contributed by atoms with van der Waals surface area (Å²) < 4.78 is 12.9. The maximum Gasteiger partial charge on any atom is 0.303 e. The highest BCUT2D eigenvalue weighted by Gasteiger charge is 2.24. The van der Waals surface area contributed by atoms with E-state index in [1.165, 1.54) is 12.1 Å². The average molecular weight is 194 g/mol. The molecule has 14 heavy (non-hydrogen) atoms. The van der Waals surface area contributed by atoms with Gasteiger partial charge in [0.25, 0.3) is 0 Å². The van der Waals surface area contributed by atoms with Gasteiger partial charge in [0.1, 0.15) is 5.82 Å². The molecule has 0 saturated heterocycles. The molecule has 1 unspecified atom stereocenters. The normalized spacial score (nSPS) is 19.4. The molecular formula is C11H11FO2. The van der Waals surface area contributed by atoms with Crippen molar-refractivity contribution in [3.8, 4) is 0 Å². The fraction of sp³-hybridized carbons (Fsp3) is 0.364. The van der Waals surface area contributed by atoms with Crippen LogP contribution in [0.1, 0.15) is 29.9 Å². The summed E-state index contributed by atoms with van der Waals surface area (Å²) in [6.07, 6.45) is 1.80. The Kier molecular flexibility index (Phi) is 2.23. The van der Waals surface area contributed by atoms with E-state index < -0.39 is 5.97 Å². The van der Waals surface area contributed by atoms with Crippen molar-refractivity contribution < 1.29 is 14.3 Å². The molecule has 2 nitrogen and oxygen atoms in total. The number of carboxylic acid groups (broad SMARTS) is 1. The van der Waals surface area contributed by atoms with E-state index in [4.69, 9.17) is 5.11 Å². The third-order valence-corrected chi connectivity index (χ3v) is 2.73. The maximum absolute atomic E-state index is 12.9. The average Bonchev–Trinajstić information content (AvgIpc) is 2.47. The van der Waals surface area contributed by atoms with Gasteiger partial charge in [0.15, 0.2) is 0 Å². The zero-order valence-corrected chi connectivity index (χ0v) is 7.66. The third-order valence-electron chi connectivity index (χ3n) is 2.73. The Morgan fingerprint density at radius 2 is 2.36 bits per heavy atom. The predicted molar refractivity (Wildman–Crippen MR) is 49.7 cm³/mol. The second kappa shape index (κ2) is 3.40. The van der Waals surface area contributed by atoms with Gasteiger partial charge in [-0.15, -0.1) is 0 Å². The number of benzene rings is 1. The summed E-state index contributed by atoms with van der Waals surface area (Å²) in [6, 6.07) is 4.66. The van der Waals surface area contributed by atoms with Gasteiger partial charge >= 0.3 is 5.97 Å². The van der Waals surface area contributed by atoms with Gasteiger partial charge in [0.2, 0.25) is 0 Å². The summed E-state index contributed by atoms with van der Waals surface area (Å²) in [5, 5.41) is 8.68. The quantitative estimate of drug-likeness (QED) is 0.784. The van der Waals surface area contributed by atoms with Crippen molar-refractivity contribution in [3.63, 3.8) is 0 Å². The second-order valence-electron chi connectivity index (χ2n) is 3.68. The molecule has 0 radical (unpaired) electrons. The molecule has 1 N–H and O–H groups in total. The van der Waals surface area contributed by atoms with Crippen molar-refractivity contribution in [1.29, 1.82) is 0 Å². The Bertz CT molecular complexity index is 374. The minimum Gasteiger partial charge on any atom is -0.481 e. The van der Waals surface area contributed by atoms with E-state index in [0.29, 0.717) is 0 Å². The van der Waals surface area contributed by atoms with E-state index in [1.807, 2.05) is 0 Å². The Hall–Kier alpha value is -1.38. The zero-order valence-electron chi connectivity index (χ0n) is 7.66. The Morgan fingerprint density at radius 1 is 1.57 bits per heavy atom. The molecule has 74 valence electrons. The van der Waals surface area contributed by atoms with Crippen LogP contribution in [-0.4, -0.2) is 11.1 Å². The Balaban J connectivity index is 2.28. The van der Waals surface area contributed by atoms with Gasteiger partial charge in [-0.05, 0) is 42.0 Å². The summed E-state index contributed by atoms with van der Waals surface area (Å²) in [4.78, 5) is 10.6. The highest BCUT2D eigenvalue weighted by Crippen LogP contribution is 2.35. The fourth-order valence-electron chi connectivity index (χ4n) is 2.08. The van der Waals surface area contributed by atoms with E-state index in [2.05, 4.69) is 0 Å². The minimum absolute atomic E-state index is 0.00167. The smallest absolute Gasteiger partial charge is 0.303 e. The first kappa shape index (κ1) is 9.19. The molecule has 0 aromatic heterocycles. The Labute approximate surface area is 81.4 Å². The number of halogens is 1. The molecule has 0 fully saturated rings. The first-order valence-electron chi connectivity index (χ1n) is 4.67. The molecule has 0 saturated carbocycles. The van der Waals surface area contributed by atoms with Crippen molar-refractivity contribution in [3.05, 3.63) is 35.1 Å². The van der Waals surface area contributed by atoms with E-state index in [0.717, 1.165) is 24.0 Å². The number of hydrogen-bond donors (Lipinski definition) is 1. The lowest BCUT2D eigenvalue weighted by Crippen LogP contribution is -2.03. The topological polar surface area (TPSA) is 37.3 Å². The molecule has 1 aromatic carbocycles. The van der Waals surface area contributed by atoms with Crippen LogP contribution in [0.4, 0.5) is 4.39 Å². The van der Waals surface area contributed by atoms with E-state index in [1.54, 1.807) is 6.07 Å². The minimum atomic E-state index is -0.813. The third kappa shape index (κ3) is 1.62. The second-order valence-corrected chi connectivity index (χ2v) is 3.68. The predicted octanol–water partition coefficient (Wildman–Crippen LogP) is 2.33. The lowest BCUT2D eigenvalue weighted by Gasteiger charge is -2.07. The molecule has 1 aliphatic rings. The van der Waals surface area contributed by atoms with Gasteiger partial charge in [-0.2, -0.15) is 0 Å². The molecule has 0 spiro atoms. The molecule has 1 aliphatic carbocycles. The number of hydrogen-bond acceptors (Lipinski definition) is 1. The van der Waals surface area contributed by atoms with Crippen LogP contribution in [0.25, 0.3) is 0 Å². The van der Waals surface area contributed by atoms with Crippen LogP contribution >= 0.6 is 0 Å². The number of carboxylic acids is 1. The molecule has 0 bridgehead atoms. The van der Waals surface area contributed by atoms with E-state index in [9.17, 15) is 9.18 Å². The number of fused-ring (bicyclic) bond motifs is 1. The van der Waals surface area contributed by atoms with Crippen molar-refractivity contribution in [1.82, 2.24) is 0 Å². The van der Waals surface area contributed by atoms with Gasteiger partial charge < -0.3 is 5.11 Å². The lowest BCUT2D eigenvalue weighted by atomic mass is 9.98. The van der Waals surface area contributed by atoms with E-state index in [-0.39, 0.29) is 18.2 Å². The molecule has 0 amide bonds. The van der Waals surface area contributed by atoms with E-state index >= 15 is 0 Å². The van der Waals surface area contributed by atoms with Crippen molar-refractivity contribution in [2.75, 3.05) is 0 Å². The van der Waals surface area contributed by atoms with Crippen molar-refractivity contribution >= 4 is 5.97 Å². The maximum atomic E-state index is 12.9. The highest BCUT2D eigenvalue weighted by molar-refractivity contribution is 5.68. The molecule has 0 aliphatic heterocycles. The summed E-state index contributed by atoms with van der Waals surface area (Å²) >= 11 is 0. The fourth-order valence-corrected chi connectivity index (χ4v) is 2.08. The van der Waals surface area contributed by atoms with Gasteiger partial charge in [-0.3, -0.25) is 4.79 Å². The van der Waals surface area contributed by atoms with Crippen LogP contribution in [0, 0.1) is 5.82 Å². The van der Waals surface area contributed by atoms with Crippen LogP contribution in [0.15, 0.2) is 18.2 Å². The zero-order chi connectivity index (χ0) is 10.1. The summed E-state index contributed by atoms with van der Waals surface area (Å²) in [6.45, 7) is 0. The first-order valence-corrected chi connectivity index (χ1v) is 4.67. The summed E-state index contributed by atoms with van der Waals surface area (Å²) in [5.74, 6) is -1.09. The molecule has 0 heterocycles. The van der Waals surface area contributed by atoms with Crippen LogP contribution in [0.3, 0.4) is 0 Å². The van der Waals surface area contributed by atoms with Gasteiger partial charge in [-0.1, -0.05) is 6.07 Å². The number of rotatable bonds is 2. The number of aryl methyl sites for hydroxylation is 1. The van der Waals surface area contributed by atoms with Crippen LogP contribution in [0.5, 0.6) is 0 Å². The molecule has 3 heteroatoms. The number of carbonyl (C=O) groups is 1. The van der Waals surface area contributed by atoms with Crippen LogP contribution < -0.4 is 0 Å². The largest absolute Gasteiger partial charge is 0.481 e. The van der Waals surface area contributed by atoms with Crippen molar-refractivity contribution in [2.24, 2.45) is 0 Å².